The number of likely N-dealkylation sites (tertiary alicyclic amines) is 2. The van der Waals surface area contributed by atoms with Crippen molar-refractivity contribution >= 4 is 33.5 Å². The van der Waals surface area contributed by atoms with Crippen LogP contribution in [0.2, 0.25) is 0 Å². The Morgan fingerprint density at radius 2 is 1.79 bits per heavy atom. The molecule has 0 radical (unpaired) electrons. The SMILES string of the molecule is C=CC(=O)N1CC2(CCN(c3nc(C4CCN(C)CC4)nc4c(OCC(F)F)c(-c5c(C)ccc6[nH]ccc56)c(C5CC5)cc34)CC2)C1. The molecule has 48 heavy (non-hydrogen) atoms. The van der Waals surface area contributed by atoms with Crippen molar-refractivity contribution in [1.82, 2.24) is 24.8 Å². The molecular formula is C38H44F2N6O2. The zero-order chi connectivity index (χ0) is 33.2. The highest BCUT2D eigenvalue weighted by atomic mass is 19.3. The second-order valence-electron chi connectivity index (χ2n) is 14.6. The zero-order valence-electron chi connectivity index (χ0n) is 27.9. The number of aromatic nitrogens is 3. The summed E-state index contributed by atoms with van der Waals surface area (Å²) in [5.41, 5.74) is 5.87. The van der Waals surface area contributed by atoms with Gasteiger partial charge < -0.3 is 24.4 Å². The first-order valence-electron chi connectivity index (χ1n) is 17.4. The number of hydrogen-bond acceptors (Lipinski definition) is 6. The molecule has 8 rings (SSSR count). The molecule has 1 amide bonds. The number of piperidine rings is 2. The molecule has 0 bridgehead atoms. The molecule has 10 heteroatoms. The number of carbonyl (C=O) groups excluding carboxylic acids is 1. The number of benzene rings is 2. The summed E-state index contributed by atoms with van der Waals surface area (Å²) in [6.45, 7) is 10.1. The topological polar surface area (TPSA) is 77.6 Å². The van der Waals surface area contributed by atoms with Gasteiger partial charge in [-0.3, -0.25) is 4.79 Å². The standard InChI is InChI=1S/C38H44F2N6O2/c1-4-31(47)46-21-38(22-46)12-17-45(18-13-38)37-28-19-27(24-6-7-24)33(32-23(2)5-8-29-26(32)9-14-41-29)35(48-20-30(39)40)34(28)42-36(43-37)25-10-15-44(3)16-11-25/h4-5,8-9,14,19,24-25,30,41H,1,6-7,10-13,15-18,20-22H2,2-3H3. The molecule has 0 atom stereocenters. The first-order valence-corrected chi connectivity index (χ1v) is 17.4. The van der Waals surface area contributed by atoms with Crippen LogP contribution in [0.1, 0.15) is 67.3 Å². The fraction of sp³-hybridized carbons (Fsp3) is 0.500. The van der Waals surface area contributed by atoms with E-state index in [-0.39, 0.29) is 17.2 Å². The lowest BCUT2D eigenvalue weighted by atomic mass is 9.72. The number of H-pyrrole nitrogens is 1. The van der Waals surface area contributed by atoms with E-state index in [9.17, 15) is 13.6 Å². The molecule has 1 N–H and O–H groups in total. The Hall–Kier alpha value is -4.05. The number of anilines is 1. The van der Waals surface area contributed by atoms with Crippen molar-refractivity contribution in [1.29, 1.82) is 0 Å². The predicted octanol–water partition coefficient (Wildman–Crippen LogP) is 7.03. The fourth-order valence-corrected chi connectivity index (χ4v) is 8.34. The number of aryl methyl sites for hydroxylation is 1. The van der Waals surface area contributed by atoms with Gasteiger partial charge in [0.25, 0.3) is 6.43 Å². The summed E-state index contributed by atoms with van der Waals surface area (Å²) < 4.78 is 34.2. The molecule has 1 aliphatic carbocycles. The molecule has 1 spiro atoms. The van der Waals surface area contributed by atoms with E-state index in [0.29, 0.717) is 17.2 Å². The van der Waals surface area contributed by atoms with Gasteiger partial charge in [-0.25, -0.2) is 18.7 Å². The molecule has 252 valence electrons. The number of amides is 1. The van der Waals surface area contributed by atoms with Gasteiger partial charge in [0.2, 0.25) is 5.91 Å². The number of aromatic amines is 1. The highest BCUT2D eigenvalue weighted by Crippen LogP contribution is 2.53. The van der Waals surface area contributed by atoms with Crippen LogP contribution < -0.4 is 9.64 Å². The van der Waals surface area contributed by atoms with Gasteiger partial charge in [0.05, 0.1) is 0 Å². The van der Waals surface area contributed by atoms with E-state index in [1.807, 2.05) is 11.1 Å². The first kappa shape index (κ1) is 31.2. The van der Waals surface area contributed by atoms with Crippen LogP contribution in [0.4, 0.5) is 14.6 Å². The van der Waals surface area contributed by atoms with Crippen LogP contribution in [0, 0.1) is 12.3 Å². The number of alkyl halides is 2. The van der Waals surface area contributed by atoms with Crippen molar-refractivity contribution in [2.24, 2.45) is 5.41 Å². The third-order valence-electron chi connectivity index (χ3n) is 11.3. The van der Waals surface area contributed by atoms with E-state index in [1.165, 1.54) is 6.08 Å². The third-order valence-corrected chi connectivity index (χ3v) is 11.3. The number of rotatable bonds is 8. The largest absolute Gasteiger partial charge is 0.485 e. The molecule has 2 aromatic heterocycles. The molecule has 5 heterocycles. The van der Waals surface area contributed by atoms with E-state index in [1.54, 1.807) is 0 Å². The molecule has 8 nitrogen and oxygen atoms in total. The molecule has 2 aromatic carbocycles. The van der Waals surface area contributed by atoms with Gasteiger partial charge in [-0.05, 0) is 112 Å². The number of nitrogens with one attached hydrogen (secondary N) is 1. The highest BCUT2D eigenvalue weighted by molar-refractivity contribution is 6.06. The van der Waals surface area contributed by atoms with E-state index < -0.39 is 13.0 Å². The summed E-state index contributed by atoms with van der Waals surface area (Å²) in [7, 11) is 2.14. The van der Waals surface area contributed by atoms with Crippen LogP contribution in [-0.4, -0.2) is 90.0 Å². The quantitative estimate of drug-likeness (QED) is 0.206. The number of hydrogen-bond donors (Lipinski definition) is 1. The van der Waals surface area contributed by atoms with Crippen molar-refractivity contribution < 1.29 is 18.3 Å². The molecule has 3 aliphatic heterocycles. The van der Waals surface area contributed by atoms with Crippen LogP contribution in [0.5, 0.6) is 5.75 Å². The van der Waals surface area contributed by atoms with E-state index in [2.05, 4.69) is 59.6 Å². The van der Waals surface area contributed by atoms with Crippen molar-refractivity contribution in [3.63, 3.8) is 0 Å². The number of halogens is 2. The number of ether oxygens (including phenoxy) is 1. The second-order valence-corrected chi connectivity index (χ2v) is 14.6. The molecule has 4 aromatic rings. The van der Waals surface area contributed by atoms with Gasteiger partial charge in [0.1, 0.15) is 23.8 Å². The van der Waals surface area contributed by atoms with Crippen molar-refractivity contribution in [3.05, 3.63) is 60.1 Å². The van der Waals surface area contributed by atoms with Crippen molar-refractivity contribution in [2.45, 2.75) is 63.7 Å². The lowest BCUT2D eigenvalue weighted by Crippen LogP contribution is -2.61. The third kappa shape index (κ3) is 5.51. The Bertz CT molecular complexity index is 1880. The van der Waals surface area contributed by atoms with Crippen LogP contribution in [0.15, 0.2) is 43.1 Å². The van der Waals surface area contributed by atoms with Crippen LogP contribution in [0.3, 0.4) is 0 Å². The van der Waals surface area contributed by atoms with Gasteiger partial charge in [0, 0.05) is 65.6 Å². The maximum Gasteiger partial charge on any atom is 0.272 e. The smallest absolute Gasteiger partial charge is 0.272 e. The summed E-state index contributed by atoms with van der Waals surface area (Å²) in [6, 6.07) is 8.49. The van der Waals surface area contributed by atoms with Crippen molar-refractivity contribution in [3.8, 4) is 16.9 Å². The van der Waals surface area contributed by atoms with Gasteiger partial charge in [-0.2, -0.15) is 0 Å². The van der Waals surface area contributed by atoms with E-state index >= 15 is 0 Å². The summed E-state index contributed by atoms with van der Waals surface area (Å²) in [6.07, 6.45) is 6.61. The molecular weight excluding hydrogens is 610 g/mol. The molecule has 1 saturated carbocycles. The average molecular weight is 655 g/mol. The van der Waals surface area contributed by atoms with Crippen LogP contribution >= 0.6 is 0 Å². The van der Waals surface area contributed by atoms with Gasteiger partial charge in [-0.1, -0.05) is 12.6 Å². The van der Waals surface area contributed by atoms with Gasteiger partial charge in [-0.15, -0.1) is 0 Å². The number of fused-ring (bicyclic) bond motifs is 2. The normalized spacial score (nSPS) is 20.2. The number of nitrogens with zero attached hydrogens (tertiary/aromatic N) is 5. The number of carbonyl (C=O) groups is 1. The monoisotopic (exact) mass is 654 g/mol. The summed E-state index contributed by atoms with van der Waals surface area (Å²) in [5, 5.41) is 1.93. The van der Waals surface area contributed by atoms with Gasteiger partial charge in [0.15, 0.2) is 5.75 Å². The summed E-state index contributed by atoms with van der Waals surface area (Å²) >= 11 is 0. The molecule has 4 aliphatic rings. The van der Waals surface area contributed by atoms with Gasteiger partial charge >= 0.3 is 0 Å². The lowest BCUT2D eigenvalue weighted by molar-refractivity contribution is -0.139. The maximum absolute atomic E-state index is 14.0. The minimum Gasteiger partial charge on any atom is -0.485 e. The van der Waals surface area contributed by atoms with Crippen LogP contribution in [-0.2, 0) is 4.79 Å². The minimum absolute atomic E-state index is 0.00192. The molecule has 4 fully saturated rings. The predicted molar refractivity (Wildman–Crippen MR) is 185 cm³/mol. The Labute approximate surface area is 280 Å². The Kier molecular flexibility index (Phi) is 7.89. The minimum atomic E-state index is -2.62. The zero-order valence-corrected chi connectivity index (χ0v) is 27.9. The molecule has 0 unspecified atom stereocenters. The highest BCUT2D eigenvalue weighted by Gasteiger charge is 2.46. The Morgan fingerprint density at radius 1 is 1.04 bits per heavy atom. The Balaban J connectivity index is 1.30. The van der Waals surface area contributed by atoms with E-state index in [0.717, 1.165) is 128 Å². The second kappa shape index (κ2) is 12.1. The molecule has 3 saturated heterocycles. The maximum atomic E-state index is 14.0. The Morgan fingerprint density at radius 3 is 2.48 bits per heavy atom. The fourth-order valence-electron chi connectivity index (χ4n) is 8.34. The lowest BCUT2D eigenvalue weighted by Gasteiger charge is -2.54. The average Bonchev–Trinajstić information content (AvgIpc) is 3.81. The van der Waals surface area contributed by atoms with E-state index in [4.69, 9.17) is 14.7 Å². The first-order chi connectivity index (χ1) is 23.2. The summed E-state index contributed by atoms with van der Waals surface area (Å²) in [5.74, 6) is 2.61. The van der Waals surface area contributed by atoms with Crippen molar-refractivity contribution in [2.75, 3.05) is 57.8 Å². The van der Waals surface area contributed by atoms with Crippen LogP contribution in [0.25, 0.3) is 32.9 Å². The summed E-state index contributed by atoms with van der Waals surface area (Å²) in [4.78, 5) is 32.7.